The molecule has 5 nitrogen and oxygen atoms in total. The summed E-state index contributed by atoms with van der Waals surface area (Å²) in [7, 11) is 0. The van der Waals surface area contributed by atoms with E-state index >= 15 is 0 Å². The molecule has 0 bridgehead atoms. The van der Waals surface area contributed by atoms with E-state index < -0.39 is 6.10 Å². The predicted octanol–water partition coefficient (Wildman–Crippen LogP) is 2.84. The molecule has 1 atom stereocenters. The highest BCUT2D eigenvalue weighted by atomic mass is 19.1. The number of carbonyl (C=O) groups is 1. The third-order valence-electron chi connectivity index (χ3n) is 4.54. The summed E-state index contributed by atoms with van der Waals surface area (Å²) in [6.45, 7) is 4.57. The average molecular weight is 342 g/mol. The number of nitrogens with zero attached hydrogens (tertiary/aromatic N) is 2. The van der Waals surface area contributed by atoms with Gasteiger partial charge in [-0.1, -0.05) is 6.07 Å². The van der Waals surface area contributed by atoms with Crippen molar-refractivity contribution in [2.24, 2.45) is 0 Å². The third-order valence-corrected chi connectivity index (χ3v) is 4.54. The van der Waals surface area contributed by atoms with E-state index in [0.717, 1.165) is 30.2 Å². The topological polar surface area (TPSA) is 42.0 Å². The molecule has 2 aromatic carbocycles. The van der Waals surface area contributed by atoms with Gasteiger partial charge in [0.15, 0.2) is 6.10 Å². The van der Waals surface area contributed by atoms with Gasteiger partial charge in [-0.3, -0.25) is 4.79 Å². The van der Waals surface area contributed by atoms with E-state index in [1.165, 1.54) is 24.3 Å². The maximum atomic E-state index is 13.0. The van der Waals surface area contributed by atoms with Crippen molar-refractivity contribution in [3.05, 3.63) is 48.3 Å². The summed E-state index contributed by atoms with van der Waals surface area (Å²) < 4.78 is 24.4. The molecular weight excluding hydrogens is 323 g/mol. The molecule has 2 aliphatic heterocycles. The van der Waals surface area contributed by atoms with E-state index in [1.807, 2.05) is 18.2 Å². The second kappa shape index (κ2) is 6.27. The minimum atomic E-state index is -0.669. The van der Waals surface area contributed by atoms with Crippen molar-refractivity contribution < 1.29 is 18.7 Å². The second-order valence-corrected chi connectivity index (χ2v) is 6.16. The van der Waals surface area contributed by atoms with E-state index in [0.29, 0.717) is 18.9 Å². The van der Waals surface area contributed by atoms with Crippen LogP contribution < -0.4 is 19.3 Å². The summed E-state index contributed by atoms with van der Waals surface area (Å²) in [6.07, 6.45) is -0.669. The molecule has 4 rings (SSSR count). The van der Waals surface area contributed by atoms with Crippen molar-refractivity contribution in [3.63, 3.8) is 0 Å². The fourth-order valence-electron chi connectivity index (χ4n) is 3.32. The fourth-order valence-corrected chi connectivity index (χ4v) is 3.32. The Morgan fingerprint density at radius 1 is 1.16 bits per heavy atom. The van der Waals surface area contributed by atoms with E-state index in [9.17, 15) is 9.18 Å². The molecule has 0 spiro atoms. The number of hydrogen-bond donors (Lipinski definition) is 0. The van der Waals surface area contributed by atoms with Gasteiger partial charge in [0.1, 0.15) is 29.6 Å². The highest BCUT2D eigenvalue weighted by Gasteiger charge is 2.33. The van der Waals surface area contributed by atoms with Crippen LogP contribution >= 0.6 is 0 Å². The molecule has 2 aromatic rings. The number of halogens is 1. The smallest absolute Gasteiger partial charge is 0.267 e. The lowest BCUT2D eigenvalue weighted by Gasteiger charge is -2.41. The maximum Gasteiger partial charge on any atom is 0.267 e. The van der Waals surface area contributed by atoms with Crippen molar-refractivity contribution in [1.82, 2.24) is 0 Å². The number of para-hydroxylation sites is 1. The van der Waals surface area contributed by atoms with Crippen LogP contribution in [-0.4, -0.2) is 38.3 Å². The minimum absolute atomic E-state index is 0.122. The molecule has 25 heavy (non-hydrogen) atoms. The summed E-state index contributed by atoms with van der Waals surface area (Å²) in [6, 6.07) is 11.4. The monoisotopic (exact) mass is 342 g/mol. The van der Waals surface area contributed by atoms with Gasteiger partial charge < -0.3 is 19.3 Å². The van der Waals surface area contributed by atoms with Crippen molar-refractivity contribution in [1.29, 1.82) is 0 Å². The van der Waals surface area contributed by atoms with Gasteiger partial charge in [-0.15, -0.1) is 0 Å². The van der Waals surface area contributed by atoms with Crippen molar-refractivity contribution in [2.75, 3.05) is 36.0 Å². The SMILES string of the molecule is CC(Oc1ccc(F)cc1)C(=O)N1CCN2CCOc3cccc1c32. The first-order valence-electron chi connectivity index (χ1n) is 8.38. The summed E-state index contributed by atoms with van der Waals surface area (Å²) in [5.41, 5.74) is 1.82. The molecule has 2 aliphatic rings. The van der Waals surface area contributed by atoms with Crippen LogP contribution in [0.5, 0.6) is 11.5 Å². The Morgan fingerprint density at radius 3 is 2.76 bits per heavy atom. The van der Waals surface area contributed by atoms with Crippen molar-refractivity contribution in [3.8, 4) is 11.5 Å². The highest BCUT2D eigenvalue weighted by molar-refractivity contribution is 6.01. The Balaban J connectivity index is 1.57. The van der Waals surface area contributed by atoms with E-state index in [2.05, 4.69) is 4.90 Å². The molecule has 0 saturated carbocycles. The van der Waals surface area contributed by atoms with Crippen LogP contribution in [0.25, 0.3) is 0 Å². The van der Waals surface area contributed by atoms with Crippen LogP contribution in [0.3, 0.4) is 0 Å². The second-order valence-electron chi connectivity index (χ2n) is 6.16. The lowest BCUT2D eigenvalue weighted by Crippen LogP contribution is -2.50. The number of ether oxygens (including phenoxy) is 2. The Kier molecular flexibility index (Phi) is 3.95. The summed E-state index contributed by atoms with van der Waals surface area (Å²) in [5.74, 6) is 0.828. The molecule has 0 radical (unpaired) electrons. The first kappa shape index (κ1) is 15.7. The van der Waals surface area contributed by atoms with Gasteiger partial charge in [0.05, 0.1) is 12.2 Å². The normalized spacial score (nSPS) is 16.7. The van der Waals surface area contributed by atoms with Crippen LogP contribution in [0.4, 0.5) is 15.8 Å². The lowest BCUT2D eigenvalue weighted by molar-refractivity contribution is -0.124. The van der Waals surface area contributed by atoms with Gasteiger partial charge in [-0.25, -0.2) is 4.39 Å². The first-order valence-corrected chi connectivity index (χ1v) is 8.38. The summed E-state index contributed by atoms with van der Waals surface area (Å²) in [4.78, 5) is 16.9. The van der Waals surface area contributed by atoms with Gasteiger partial charge in [0.2, 0.25) is 0 Å². The number of amides is 1. The molecule has 0 aromatic heterocycles. The Morgan fingerprint density at radius 2 is 1.96 bits per heavy atom. The minimum Gasteiger partial charge on any atom is -0.489 e. The van der Waals surface area contributed by atoms with Gasteiger partial charge in [-0.05, 0) is 43.3 Å². The van der Waals surface area contributed by atoms with Crippen LogP contribution in [0.2, 0.25) is 0 Å². The van der Waals surface area contributed by atoms with E-state index in [-0.39, 0.29) is 11.7 Å². The molecule has 0 aliphatic carbocycles. The van der Waals surface area contributed by atoms with Crippen LogP contribution in [-0.2, 0) is 4.79 Å². The van der Waals surface area contributed by atoms with Gasteiger partial charge in [0.25, 0.3) is 5.91 Å². The van der Waals surface area contributed by atoms with E-state index in [1.54, 1.807) is 11.8 Å². The van der Waals surface area contributed by atoms with Crippen LogP contribution in [0.1, 0.15) is 6.92 Å². The quantitative estimate of drug-likeness (QED) is 0.860. The zero-order chi connectivity index (χ0) is 17.4. The summed E-state index contributed by atoms with van der Waals surface area (Å²) in [5, 5.41) is 0. The standard InChI is InChI=1S/C19H19FN2O3/c1-13(25-15-7-5-14(20)6-8-15)19(23)22-10-9-21-11-12-24-17-4-2-3-16(22)18(17)21/h2-8,13H,9-12H2,1H3. The van der Waals surface area contributed by atoms with Gasteiger partial charge >= 0.3 is 0 Å². The number of rotatable bonds is 3. The van der Waals surface area contributed by atoms with Gasteiger partial charge in [0, 0.05) is 13.1 Å². The van der Waals surface area contributed by atoms with Crippen LogP contribution in [0, 0.1) is 5.82 Å². The third kappa shape index (κ3) is 2.88. The average Bonchev–Trinajstić information content (AvgIpc) is 2.64. The highest BCUT2D eigenvalue weighted by Crippen LogP contribution is 2.42. The molecular formula is C19H19FN2O3. The molecule has 0 fully saturated rings. The Hall–Kier alpha value is -2.76. The first-order chi connectivity index (χ1) is 12.1. The number of carbonyl (C=O) groups excluding carboxylic acids is 1. The van der Waals surface area contributed by atoms with Crippen molar-refractivity contribution in [2.45, 2.75) is 13.0 Å². The lowest BCUT2D eigenvalue weighted by atomic mass is 10.1. The molecule has 6 heteroatoms. The van der Waals surface area contributed by atoms with Crippen LogP contribution in [0.15, 0.2) is 42.5 Å². The van der Waals surface area contributed by atoms with Crippen molar-refractivity contribution >= 4 is 17.3 Å². The zero-order valence-corrected chi connectivity index (χ0v) is 13.9. The molecule has 2 heterocycles. The molecule has 0 saturated heterocycles. The predicted molar refractivity (Wildman–Crippen MR) is 93.0 cm³/mol. The Bertz CT molecular complexity index is 794. The molecule has 130 valence electrons. The fraction of sp³-hybridized carbons (Fsp3) is 0.316. The zero-order valence-electron chi connectivity index (χ0n) is 13.9. The number of hydrogen-bond acceptors (Lipinski definition) is 4. The molecule has 1 amide bonds. The molecule has 1 unspecified atom stereocenters. The van der Waals surface area contributed by atoms with E-state index in [4.69, 9.17) is 9.47 Å². The number of benzene rings is 2. The summed E-state index contributed by atoms with van der Waals surface area (Å²) >= 11 is 0. The molecule has 0 N–H and O–H groups in total. The Labute approximate surface area is 145 Å². The van der Waals surface area contributed by atoms with Gasteiger partial charge in [-0.2, -0.15) is 0 Å². The number of anilines is 2. The maximum absolute atomic E-state index is 13.0. The largest absolute Gasteiger partial charge is 0.489 e.